The Morgan fingerprint density at radius 1 is 1.35 bits per heavy atom. The molecule has 0 bridgehead atoms. The number of ether oxygens (including phenoxy) is 1. The van der Waals surface area contributed by atoms with Gasteiger partial charge in [0.05, 0.1) is 5.57 Å². The number of carbonyl (C=O) groups excluding carboxylic acids is 4. The van der Waals surface area contributed by atoms with E-state index in [1.165, 1.54) is 19.2 Å². The molecule has 1 rings (SSSR count). The monoisotopic (exact) mass is 367 g/mol. The van der Waals surface area contributed by atoms with Crippen molar-refractivity contribution in [3.63, 3.8) is 0 Å². The fraction of sp³-hybridized carbons (Fsp3) is 0.529. The Kier molecular flexibility index (Phi) is 6.93. The number of rotatable bonds is 4. The Balaban J connectivity index is 2.99. The van der Waals surface area contributed by atoms with E-state index in [-0.39, 0.29) is 18.4 Å². The smallest absolute Gasteiger partial charge is 0.416 e. The molecule has 0 aromatic rings. The van der Waals surface area contributed by atoms with Crippen LogP contribution in [0.25, 0.3) is 0 Å². The maximum atomic E-state index is 12.5. The molecule has 3 N–H and O–H groups in total. The van der Waals surface area contributed by atoms with Crippen molar-refractivity contribution in [2.24, 2.45) is 0 Å². The lowest BCUT2D eigenvalue weighted by molar-refractivity contribution is -0.136. The zero-order valence-electron chi connectivity index (χ0n) is 15.6. The summed E-state index contributed by atoms with van der Waals surface area (Å²) in [5, 5.41) is 14.9. The first-order chi connectivity index (χ1) is 12.0. The van der Waals surface area contributed by atoms with Gasteiger partial charge in [-0.1, -0.05) is 6.08 Å². The third kappa shape index (κ3) is 5.91. The second-order valence-electron chi connectivity index (χ2n) is 6.75. The molecule has 0 saturated carbocycles. The van der Waals surface area contributed by atoms with Gasteiger partial charge in [-0.25, -0.2) is 4.79 Å². The summed E-state index contributed by atoms with van der Waals surface area (Å²) >= 11 is 0. The maximum absolute atomic E-state index is 12.5. The number of amides is 4. The summed E-state index contributed by atoms with van der Waals surface area (Å²) < 4.78 is 5.14. The van der Waals surface area contributed by atoms with Crippen LogP contribution in [0, 0.1) is 0 Å². The highest BCUT2D eigenvalue weighted by atomic mass is 16.6. The van der Waals surface area contributed by atoms with Crippen LogP contribution in [0.5, 0.6) is 0 Å². The summed E-state index contributed by atoms with van der Waals surface area (Å²) in [6.45, 7) is 6.63. The standard InChI is InChI=1S/C17H25N3O6/c1-6-7-10(15(24)20(5)16(25)26-17(2,3)4)13(22)18-11-8-9-12(21)19-14(11)23/h6-7,11,24H,8-9H2,1-5H3,(H,18,22)(H,19,21,23)/b7-6-,15-10+. The minimum Gasteiger partial charge on any atom is -0.494 e. The molecule has 1 heterocycles. The van der Waals surface area contributed by atoms with E-state index >= 15 is 0 Å². The van der Waals surface area contributed by atoms with E-state index in [0.717, 1.165) is 4.90 Å². The number of imide groups is 1. The molecule has 4 amide bonds. The first-order valence-electron chi connectivity index (χ1n) is 8.13. The van der Waals surface area contributed by atoms with Gasteiger partial charge in [0.2, 0.25) is 17.7 Å². The SMILES string of the molecule is C/C=C\C(C(=O)NC1CCC(=O)NC1=O)=C(/O)N(C)C(=O)OC(C)(C)C. The van der Waals surface area contributed by atoms with Crippen LogP contribution in [0.4, 0.5) is 4.79 Å². The van der Waals surface area contributed by atoms with Gasteiger partial charge in [0.25, 0.3) is 5.91 Å². The first kappa shape index (κ1) is 21.2. The van der Waals surface area contributed by atoms with Crippen molar-refractivity contribution in [3.8, 4) is 0 Å². The summed E-state index contributed by atoms with van der Waals surface area (Å²) in [6.07, 6.45) is 2.21. The van der Waals surface area contributed by atoms with Gasteiger partial charge in [-0.2, -0.15) is 0 Å². The van der Waals surface area contributed by atoms with E-state index in [9.17, 15) is 24.3 Å². The highest BCUT2D eigenvalue weighted by molar-refractivity contribution is 6.04. The molecule has 9 heteroatoms. The fourth-order valence-electron chi connectivity index (χ4n) is 2.08. The van der Waals surface area contributed by atoms with Crippen molar-refractivity contribution >= 4 is 23.8 Å². The highest BCUT2D eigenvalue weighted by Gasteiger charge is 2.30. The van der Waals surface area contributed by atoms with Gasteiger partial charge in [-0.3, -0.25) is 24.6 Å². The van der Waals surface area contributed by atoms with Gasteiger partial charge in [0.15, 0.2) is 0 Å². The number of aliphatic hydroxyl groups is 1. The molecule has 0 spiro atoms. The molecule has 1 unspecified atom stereocenters. The number of aliphatic hydroxyl groups excluding tert-OH is 1. The minimum atomic E-state index is -0.903. The molecule has 9 nitrogen and oxygen atoms in total. The molecule has 1 fully saturated rings. The molecule has 0 aliphatic carbocycles. The predicted octanol–water partition coefficient (Wildman–Crippen LogP) is 1.12. The Morgan fingerprint density at radius 2 is 1.96 bits per heavy atom. The van der Waals surface area contributed by atoms with E-state index in [4.69, 9.17) is 4.74 Å². The van der Waals surface area contributed by atoms with Crippen LogP contribution in [0.15, 0.2) is 23.6 Å². The zero-order chi connectivity index (χ0) is 20.1. The van der Waals surface area contributed by atoms with Crippen LogP contribution in [-0.2, 0) is 19.1 Å². The second kappa shape index (κ2) is 8.50. The molecule has 1 atom stereocenters. The topological polar surface area (TPSA) is 125 Å². The summed E-state index contributed by atoms with van der Waals surface area (Å²) in [5.74, 6) is -2.40. The lowest BCUT2D eigenvalue weighted by Gasteiger charge is -2.25. The molecule has 0 aromatic heterocycles. The van der Waals surface area contributed by atoms with Gasteiger partial charge in [-0.05, 0) is 40.2 Å². The Bertz CT molecular complexity index is 660. The average molecular weight is 367 g/mol. The Morgan fingerprint density at radius 3 is 2.46 bits per heavy atom. The summed E-state index contributed by atoms with van der Waals surface area (Å²) in [4.78, 5) is 48.2. The molecule has 1 aliphatic rings. The van der Waals surface area contributed by atoms with Crippen molar-refractivity contribution in [2.45, 2.75) is 52.2 Å². The number of allylic oxidation sites excluding steroid dienone is 1. The molecule has 1 aliphatic heterocycles. The van der Waals surface area contributed by atoms with Gasteiger partial charge in [0, 0.05) is 13.5 Å². The molecular formula is C17H25N3O6. The van der Waals surface area contributed by atoms with Crippen molar-refractivity contribution in [1.29, 1.82) is 0 Å². The fourth-order valence-corrected chi connectivity index (χ4v) is 2.08. The van der Waals surface area contributed by atoms with E-state index < -0.39 is 41.3 Å². The van der Waals surface area contributed by atoms with Crippen LogP contribution in [0.3, 0.4) is 0 Å². The third-order valence-electron chi connectivity index (χ3n) is 3.35. The van der Waals surface area contributed by atoms with E-state index in [1.807, 2.05) is 0 Å². The van der Waals surface area contributed by atoms with Crippen molar-refractivity contribution in [2.75, 3.05) is 7.05 Å². The summed E-state index contributed by atoms with van der Waals surface area (Å²) in [6, 6.07) is -0.903. The molecule has 26 heavy (non-hydrogen) atoms. The highest BCUT2D eigenvalue weighted by Crippen LogP contribution is 2.15. The summed E-state index contributed by atoms with van der Waals surface area (Å²) in [7, 11) is 1.26. The van der Waals surface area contributed by atoms with Crippen LogP contribution in [-0.4, -0.2) is 52.5 Å². The van der Waals surface area contributed by atoms with Gasteiger partial charge in [0.1, 0.15) is 11.6 Å². The van der Waals surface area contributed by atoms with E-state index in [0.29, 0.717) is 0 Å². The van der Waals surface area contributed by atoms with Crippen LogP contribution in [0.1, 0.15) is 40.5 Å². The normalized spacial score (nSPS) is 18.9. The lowest BCUT2D eigenvalue weighted by atomic mass is 10.1. The Hall–Kier alpha value is -2.84. The van der Waals surface area contributed by atoms with Crippen LogP contribution < -0.4 is 10.6 Å². The first-order valence-corrected chi connectivity index (χ1v) is 8.13. The van der Waals surface area contributed by atoms with Crippen LogP contribution in [0.2, 0.25) is 0 Å². The number of nitrogens with zero attached hydrogens (tertiary/aromatic N) is 1. The number of hydrogen-bond donors (Lipinski definition) is 3. The summed E-state index contributed by atoms with van der Waals surface area (Å²) in [5.41, 5.74) is -0.993. The third-order valence-corrected chi connectivity index (χ3v) is 3.35. The van der Waals surface area contributed by atoms with Crippen molar-refractivity contribution < 1.29 is 29.0 Å². The minimum absolute atomic E-state index is 0.100. The van der Waals surface area contributed by atoms with E-state index in [1.54, 1.807) is 27.7 Å². The maximum Gasteiger partial charge on any atom is 0.416 e. The number of piperidine rings is 1. The average Bonchev–Trinajstić information content (AvgIpc) is 2.52. The van der Waals surface area contributed by atoms with Crippen molar-refractivity contribution in [1.82, 2.24) is 15.5 Å². The zero-order valence-corrected chi connectivity index (χ0v) is 15.6. The van der Waals surface area contributed by atoms with Gasteiger partial charge >= 0.3 is 6.09 Å². The quantitative estimate of drug-likeness (QED) is 0.296. The number of nitrogens with one attached hydrogen (secondary N) is 2. The van der Waals surface area contributed by atoms with Gasteiger partial charge in [-0.15, -0.1) is 0 Å². The lowest BCUT2D eigenvalue weighted by Crippen LogP contribution is -2.52. The number of carbonyl (C=O) groups is 4. The molecule has 0 aromatic carbocycles. The molecule has 144 valence electrons. The van der Waals surface area contributed by atoms with Crippen LogP contribution >= 0.6 is 0 Å². The second-order valence-corrected chi connectivity index (χ2v) is 6.75. The molecule has 1 saturated heterocycles. The predicted molar refractivity (Wildman–Crippen MR) is 92.8 cm³/mol. The Labute approximate surface area is 152 Å². The van der Waals surface area contributed by atoms with Crippen molar-refractivity contribution in [3.05, 3.63) is 23.6 Å². The van der Waals surface area contributed by atoms with E-state index in [2.05, 4.69) is 10.6 Å². The largest absolute Gasteiger partial charge is 0.494 e. The molecular weight excluding hydrogens is 342 g/mol. The van der Waals surface area contributed by atoms with Gasteiger partial charge < -0.3 is 15.2 Å². The number of hydrogen-bond acceptors (Lipinski definition) is 6. The molecule has 0 radical (unpaired) electrons.